The Morgan fingerprint density at radius 2 is 2.08 bits per heavy atom. The number of aliphatic carboxylic acids is 1. The molecular weight excluding hydrogens is 308 g/mol. The van der Waals surface area contributed by atoms with Crippen molar-refractivity contribution in [2.75, 3.05) is 13.1 Å². The fraction of sp³-hybridized carbons (Fsp3) is 0.412. The van der Waals surface area contributed by atoms with E-state index in [9.17, 15) is 9.59 Å². The second-order valence-electron chi connectivity index (χ2n) is 6.09. The maximum absolute atomic E-state index is 12.2. The summed E-state index contributed by atoms with van der Waals surface area (Å²) in [7, 11) is 0. The molecule has 1 aliphatic rings. The van der Waals surface area contributed by atoms with Crippen molar-refractivity contribution in [3.8, 4) is 11.4 Å². The van der Waals surface area contributed by atoms with E-state index in [1.807, 2.05) is 30.3 Å². The van der Waals surface area contributed by atoms with Crippen molar-refractivity contribution < 1.29 is 14.7 Å². The Balaban J connectivity index is 1.72. The number of aromatic amines is 1. The lowest BCUT2D eigenvalue weighted by molar-refractivity contribution is -0.150. The number of carboxylic acids is 1. The third kappa shape index (κ3) is 3.29. The van der Waals surface area contributed by atoms with E-state index in [2.05, 4.69) is 15.2 Å². The lowest BCUT2D eigenvalue weighted by atomic mass is 9.96. The van der Waals surface area contributed by atoms with Gasteiger partial charge in [0.1, 0.15) is 11.7 Å². The van der Waals surface area contributed by atoms with Gasteiger partial charge in [-0.25, -0.2) is 4.98 Å². The monoisotopic (exact) mass is 328 g/mol. The Morgan fingerprint density at radius 3 is 2.79 bits per heavy atom. The Kier molecular flexibility index (Phi) is 4.59. The summed E-state index contributed by atoms with van der Waals surface area (Å²) >= 11 is 0. The van der Waals surface area contributed by atoms with E-state index in [4.69, 9.17) is 5.11 Å². The lowest BCUT2D eigenvalue weighted by Gasteiger charge is -2.32. The van der Waals surface area contributed by atoms with Gasteiger partial charge in [-0.3, -0.25) is 14.7 Å². The summed E-state index contributed by atoms with van der Waals surface area (Å²) in [6.45, 7) is 2.49. The van der Waals surface area contributed by atoms with E-state index in [1.165, 1.54) is 6.92 Å². The smallest absolute Gasteiger partial charge is 0.315 e. The molecule has 1 fully saturated rings. The molecule has 0 spiro atoms. The fourth-order valence-electron chi connectivity index (χ4n) is 2.95. The molecule has 3 rings (SSSR count). The van der Waals surface area contributed by atoms with Gasteiger partial charge in [-0.05, 0) is 19.8 Å². The summed E-state index contributed by atoms with van der Waals surface area (Å²) < 4.78 is 0. The number of likely N-dealkylation sites (tertiary alicyclic amines) is 1. The van der Waals surface area contributed by atoms with Gasteiger partial charge >= 0.3 is 5.97 Å². The van der Waals surface area contributed by atoms with Crippen molar-refractivity contribution >= 4 is 11.9 Å². The highest BCUT2D eigenvalue weighted by Crippen LogP contribution is 2.26. The highest BCUT2D eigenvalue weighted by atomic mass is 16.4. The minimum atomic E-state index is -1.09. The number of aromatic nitrogens is 3. The number of nitrogens with zero attached hydrogens (tertiary/aromatic N) is 3. The maximum atomic E-state index is 12.2. The molecule has 1 aliphatic heterocycles. The number of hydrogen-bond donors (Lipinski definition) is 2. The van der Waals surface area contributed by atoms with Crippen molar-refractivity contribution in [1.29, 1.82) is 0 Å². The third-order valence-electron chi connectivity index (χ3n) is 4.40. The Labute approximate surface area is 139 Å². The van der Waals surface area contributed by atoms with Crippen molar-refractivity contribution in [2.45, 2.75) is 25.7 Å². The number of nitrogens with one attached hydrogen (secondary N) is 1. The summed E-state index contributed by atoms with van der Waals surface area (Å²) in [6.07, 6.45) is 1.72. The number of benzene rings is 1. The first-order valence-electron chi connectivity index (χ1n) is 8.05. The summed E-state index contributed by atoms with van der Waals surface area (Å²) in [5.74, 6) is -1.02. The molecule has 1 amide bonds. The molecule has 0 aliphatic carbocycles. The molecule has 2 unspecified atom stereocenters. The van der Waals surface area contributed by atoms with Crippen LogP contribution in [-0.4, -0.2) is 50.2 Å². The largest absolute Gasteiger partial charge is 0.481 e. The number of hydrogen-bond acceptors (Lipinski definition) is 4. The average Bonchev–Trinajstić information content (AvgIpc) is 3.11. The number of carbonyl (C=O) groups is 2. The third-order valence-corrected chi connectivity index (χ3v) is 4.40. The zero-order valence-electron chi connectivity index (χ0n) is 13.5. The van der Waals surface area contributed by atoms with Crippen LogP contribution in [0.4, 0.5) is 0 Å². The van der Waals surface area contributed by atoms with Crippen LogP contribution >= 0.6 is 0 Å². The van der Waals surface area contributed by atoms with Crippen LogP contribution in [0.15, 0.2) is 30.3 Å². The predicted octanol–water partition coefficient (Wildman–Crippen LogP) is 1.90. The summed E-state index contributed by atoms with van der Waals surface area (Å²) in [6, 6.07) is 9.68. The molecule has 0 saturated carbocycles. The van der Waals surface area contributed by atoms with Gasteiger partial charge in [0.15, 0.2) is 5.82 Å². The zero-order valence-corrected chi connectivity index (χ0v) is 13.5. The van der Waals surface area contributed by atoms with Crippen LogP contribution in [-0.2, 0) is 9.59 Å². The van der Waals surface area contributed by atoms with E-state index in [0.717, 1.165) is 24.2 Å². The van der Waals surface area contributed by atoms with Crippen LogP contribution in [0.5, 0.6) is 0 Å². The van der Waals surface area contributed by atoms with Gasteiger partial charge in [-0.15, -0.1) is 0 Å². The van der Waals surface area contributed by atoms with E-state index in [-0.39, 0.29) is 11.8 Å². The van der Waals surface area contributed by atoms with Gasteiger partial charge in [-0.1, -0.05) is 30.3 Å². The molecule has 7 heteroatoms. The number of amides is 1. The minimum Gasteiger partial charge on any atom is -0.481 e. The molecule has 2 atom stereocenters. The zero-order chi connectivity index (χ0) is 17.1. The first-order valence-corrected chi connectivity index (χ1v) is 8.05. The molecule has 0 radical (unpaired) electrons. The second kappa shape index (κ2) is 6.82. The van der Waals surface area contributed by atoms with Crippen LogP contribution in [0.25, 0.3) is 11.4 Å². The number of piperidine rings is 1. The van der Waals surface area contributed by atoms with E-state index in [1.54, 1.807) is 4.90 Å². The molecular formula is C17H20N4O3. The normalized spacial score (nSPS) is 19.0. The summed E-state index contributed by atoms with van der Waals surface area (Å²) in [5, 5.41) is 16.3. The van der Waals surface area contributed by atoms with Crippen LogP contribution < -0.4 is 0 Å². The van der Waals surface area contributed by atoms with Crippen molar-refractivity contribution in [3.63, 3.8) is 0 Å². The molecule has 2 aromatic rings. The molecule has 1 saturated heterocycles. The standard InChI is InChI=1S/C17H20N4O3/c1-11(17(23)24)16(22)21-9-5-8-13(10-21)15-18-14(19-20-15)12-6-3-2-4-7-12/h2-4,6-7,11,13H,5,8-10H2,1H3,(H,23,24)(H,18,19,20). The molecule has 2 heterocycles. The van der Waals surface area contributed by atoms with Crippen molar-refractivity contribution in [2.24, 2.45) is 5.92 Å². The van der Waals surface area contributed by atoms with Crippen molar-refractivity contribution in [3.05, 3.63) is 36.2 Å². The quantitative estimate of drug-likeness (QED) is 0.835. The second-order valence-corrected chi connectivity index (χ2v) is 6.09. The molecule has 0 bridgehead atoms. The predicted molar refractivity (Wildman–Crippen MR) is 87.2 cm³/mol. The summed E-state index contributed by atoms with van der Waals surface area (Å²) in [5.41, 5.74) is 0.934. The van der Waals surface area contributed by atoms with E-state index >= 15 is 0 Å². The van der Waals surface area contributed by atoms with Crippen LogP contribution in [0.1, 0.15) is 31.5 Å². The van der Waals surface area contributed by atoms with Gasteiger partial charge in [0.05, 0.1) is 0 Å². The number of carboxylic acid groups (broad SMARTS) is 1. The molecule has 2 N–H and O–H groups in total. The highest BCUT2D eigenvalue weighted by molar-refractivity contribution is 5.96. The molecule has 1 aromatic carbocycles. The van der Waals surface area contributed by atoms with Gasteiger partial charge in [0.2, 0.25) is 5.91 Å². The Hall–Kier alpha value is -2.70. The van der Waals surface area contributed by atoms with Gasteiger partial charge in [0.25, 0.3) is 0 Å². The van der Waals surface area contributed by atoms with Crippen molar-refractivity contribution in [1.82, 2.24) is 20.1 Å². The molecule has 24 heavy (non-hydrogen) atoms. The van der Waals surface area contributed by atoms with Gasteiger partial charge < -0.3 is 10.0 Å². The first-order chi connectivity index (χ1) is 11.6. The van der Waals surface area contributed by atoms with E-state index in [0.29, 0.717) is 18.9 Å². The van der Waals surface area contributed by atoms with Crippen LogP contribution in [0.2, 0.25) is 0 Å². The Bertz CT molecular complexity index is 728. The Morgan fingerprint density at radius 1 is 1.33 bits per heavy atom. The highest BCUT2D eigenvalue weighted by Gasteiger charge is 2.31. The average molecular weight is 328 g/mol. The summed E-state index contributed by atoms with van der Waals surface area (Å²) in [4.78, 5) is 29.4. The molecule has 126 valence electrons. The van der Waals surface area contributed by atoms with Crippen LogP contribution in [0.3, 0.4) is 0 Å². The minimum absolute atomic E-state index is 0.0497. The van der Waals surface area contributed by atoms with Gasteiger partial charge in [-0.2, -0.15) is 5.10 Å². The number of H-pyrrole nitrogens is 1. The van der Waals surface area contributed by atoms with Gasteiger partial charge in [0, 0.05) is 24.6 Å². The van der Waals surface area contributed by atoms with Crippen LogP contribution in [0, 0.1) is 5.92 Å². The number of carbonyl (C=O) groups excluding carboxylic acids is 1. The first kappa shape index (κ1) is 16.2. The molecule has 7 nitrogen and oxygen atoms in total. The SMILES string of the molecule is CC(C(=O)O)C(=O)N1CCCC(c2nc(-c3ccccc3)n[nH]2)C1. The van der Waals surface area contributed by atoms with E-state index < -0.39 is 11.9 Å². The lowest BCUT2D eigenvalue weighted by Crippen LogP contribution is -2.43. The number of rotatable bonds is 4. The topological polar surface area (TPSA) is 99.2 Å². The maximum Gasteiger partial charge on any atom is 0.315 e. The fourth-order valence-corrected chi connectivity index (χ4v) is 2.95. The molecule has 1 aromatic heterocycles.